The quantitative estimate of drug-likeness (QED) is 0.602. The van der Waals surface area contributed by atoms with E-state index in [1.807, 2.05) is 13.0 Å². The molecule has 100 valence electrons. The zero-order valence-corrected chi connectivity index (χ0v) is 11.3. The summed E-state index contributed by atoms with van der Waals surface area (Å²) in [5.41, 5.74) is 7.56. The highest BCUT2D eigenvalue weighted by molar-refractivity contribution is 5.96. The molecule has 0 fully saturated rings. The predicted molar refractivity (Wildman–Crippen MR) is 74.8 cm³/mol. The normalized spacial score (nSPS) is 10.4. The molecule has 0 spiro atoms. The van der Waals surface area contributed by atoms with Gasteiger partial charge in [0.1, 0.15) is 0 Å². The van der Waals surface area contributed by atoms with Gasteiger partial charge in [-0.3, -0.25) is 0 Å². The minimum atomic E-state index is -0.324. The van der Waals surface area contributed by atoms with Gasteiger partial charge in [0, 0.05) is 17.9 Å². The van der Waals surface area contributed by atoms with E-state index in [0.29, 0.717) is 23.8 Å². The second-order valence-electron chi connectivity index (χ2n) is 4.72. The fourth-order valence-electron chi connectivity index (χ4n) is 1.47. The van der Waals surface area contributed by atoms with Gasteiger partial charge in [-0.25, -0.2) is 4.79 Å². The molecule has 3 N–H and O–H groups in total. The molecule has 0 heterocycles. The number of rotatable bonds is 6. The lowest BCUT2D eigenvalue weighted by atomic mass is 10.1. The maximum atomic E-state index is 11.9. The summed E-state index contributed by atoms with van der Waals surface area (Å²) in [7, 11) is 0. The molecule has 0 radical (unpaired) electrons. The second kappa shape index (κ2) is 6.89. The number of hydrogen-bond donors (Lipinski definition) is 2. The number of nitrogen functional groups attached to an aromatic ring is 1. The number of nitrogens with one attached hydrogen (secondary N) is 1. The second-order valence-corrected chi connectivity index (χ2v) is 4.72. The number of carbonyl (C=O) groups is 1. The van der Waals surface area contributed by atoms with Crippen molar-refractivity contribution < 1.29 is 9.53 Å². The Morgan fingerprint density at radius 3 is 2.78 bits per heavy atom. The number of benzene rings is 1. The first kappa shape index (κ1) is 14.4. The summed E-state index contributed by atoms with van der Waals surface area (Å²) >= 11 is 0. The van der Waals surface area contributed by atoms with Gasteiger partial charge in [0.2, 0.25) is 0 Å². The van der Waals surface area contributed by atoms with Crippen LogP contribution in [0, 0.1) is 5.92 Å². The molecule has 4 heteroatoms. The van der Waals surface area contributed by atoms with Crippen LogP contribution in [0.1, 0.15) is 37.6 Å². The van der Waals surface area contributed by atoms with Gasteiger partial charge in [-0.1, -0.05) is 20.8 Å². The fourth-order valence-corrected chi connectivity index (χ4v) is 1.47. The topological polar surface area (TPSA) is 64.3 Å². The summed E-state index contributed by atoms with van der Waals surface area (Å²) in [5, 5.41) is 3.24. The minimum absolute atomic E-state index is 0.324. The van der Waals surface area contributed by atoms with Crippen LogP contribution in [0.3, 0.4) is 0 Å². The van der Waals surface area contributed by atoms with Gasteiger partial charge < -0.3 is 15.8 Å². The standard InChI is InChI=1S/C14H22N2O2/c1-4-7-18-14(17)12-8-11(15)5-6-13(12)16-9-10(2)3/h5-6,8,10,16H,4,7,9,15H2,1-3H3. The van der Waals surface area contributed by atoms with Gasteiger partial charge in [0.25, 0.3) is 0 Å². The van der Waals surface area contributed by atoms with Gasteiger partial charge in [-0.2, -0.15) is 0 Å². The first-order valence-corrected chi connectivity index (χ1v) is 6.35. The number of anilines is 2. The number of hydrogen-bond acceptors (Lipinski definition) is 4. The largest absolute Gasteiger partial charge is 0.462 e. The molecule has 1 aromatic rings. The van der Waals surface area contributed by atoms with Crippen molar-refractivity contribution in [3.63, 3.8) is 0 Å². The maximum absolute atomic E-state index is 11.9. The average Bonchev–Trinajstić information content (AvgIpc) is 2.34. The van der Waals surface area contributed by atoms with Gasteiger partial charge >= 0.3 is 5.97 Å². The van der Waals surface area contributed by atoms with Gasteiger partial charge in [0.05, 0.1) is 12.2 Å². The SMILES string of the molecule is CCCOC(=O)c1cc(N)ccc1NCC(C)C. The smallest absolute Gasteiger partial charge is 0.340 e. The van der Waals surface area contributed by atoms with Crippen LogP contribution in [-0.4, -0.2) is 19.1 Å². The number of nitrogens with two attached hydrogens (primary N) is 1. The Bertz CT molecular complexity index is 403. The third-order valence-corrected chi connectivity index (χ3v) is 2.40. The Labute approximate surface area is 109 Å². The Hall–Kier alpha value is -1.71. The molecular formula is C14H22N2O2. The number of carbonyl (C=O) groups excluding carboxylic acids is 1. The summed E-state index contributed by atoms with van der Waals surface area (Å²) in [5.74, 6) is 0.178. The molecule has 0 saturated carbocycles. The molecule has 0 aromatic heterocycles. The van der Waals surface area contributed by atoms with Crippen molar-refractivity contribution in [3.8, 4) is 0 Å². The van der Waals surface area contributed by atoms with E-state index >= 15 is 0 Å². The molecule has 0 bridgehead atoms. The zero-order chi connectivity index (χ0) is 13.5. The monoisotopic (exact) mass is 250 g/mol. The van der Waals surface area contributed by atoms with E-state index in [0.717, 1.165) is 18.7 Å². The molecule has 0 saturated heterocycles. The molecule has 0 aliphatic heterocycles. The number of esters is 1. The van der Waals surface area contributed by atoms with Crippen molar-refractivity contribution in [1.82, 2.24) is 0 Å². The Morgan fingerprint density at radius 1 is 1.44 bits per heavy atom. The first-order chi connectivity index (χ1) is 8.54. The van der Waals surface area contributed by atoms with Crippen LogP contribution in [0.25, 0.3) is 0 Å². The molecule has 0 atom stereocenters. The van der Waals surface area contributed by atoms with Crippen LogP contribution >= 0.6 is 0 Å². The van der Waals surface area contributed by atoms with Crippen molar-refractivity contribution in [2.75, 3.05) is 24.2 Å². The molecular weight excluding hydrogens is 228 g/mol. The van der Waals surface area contributed by atoms with Crippen LogP contribution in [-0.2, 0) is 4.74 Å². The molecule has 18 heavy (non-hydrogen) atoms. The van der Waals surface area contributed by atoms with Crippen LogP contribution in [0.15, 0.2) is 18.2 Å². The Balaban J connectivity index is 2.85. The fraction of sp³-hybridized carbons (Fsp3) is 0.500. The maximum Gasteiger partial charge on any atom is 0.340 e. The Morgan fingerprint density at radius 2 is 2.17 bits per heavy atom. The average molecular weight is 250 g/mol. The highest BCUT2D eigenvalue weighted by Crippen LogP contribution is 2.20. The summed E-state index contributed by atoms with van der Waals surface area (Å²) in [4.78, 5) is 11.9. The van der Waals surface area contributed by atoms with E-state index in [2.05, 4.69) is 19.2 Å². The molecule has 4 nitrogen and oxygen atoms in total. The van der Waals surface area contributed by atoms with E-state index in [4.69, 9.17) is 10.5 Å². The number of ether oxygens (including phenoxy) is 1. The van der Waals surface area contributed by atoms with E-state index in [-0.39, 0.29) is 5.97 Å². The Kier molecular flexibility index (Phi) is 5.49. The van der Waals surface area contributed by atoms with Crippen LogP contribution in [0.5, 0.6) is 0 Å². The van der Waals surface area contributed by atoms with Gasteiger partial charge in [-0.05, 0) is 30.5 Å². The molecule has 0 amide bonds. The molecule has 0 aliphatic carbocycles. The van der Waals surface area contributed by atoms with Crippen molar-refractivity contribution in [3.05, 3.63) is 23.8 Å². The summed E-state index contributed by atoms with van der Waals surface area (Å²) in [6.07, 6.45) is 0.808. The minimum Gasteiger partial charge on any atom is -0.462 e. The first-order valence-electron chi connectivity index (χ1n) is 6.35. The summed E-state index contributed by atoms with van der Waals surface area (Å²) in [6, 6.07) is 5.25. The summed E-state index contributed by atoms with van der Waals surface area (Å²) in [6.45, 7) is 7.42. The summed E-state index contributed by atoms with van der Waals surface area (Å²) < 4.78 is 5.15. The van der Waals surface area contributed by atoms with Crippen LogP contribution in [0.4, 0.5) is 11.4 Å². The highest BCUT2D eigenvalue weighted by atomic mass is 16.5. The van der Waals surface area contributed by atoms with Crippen LogP contribution in [0.2, 0.25) is 0 Å². The molecule has 0 unspecified atom stereocenters. The third kappa shape index (κ3) is 4.28. The lowest BCUT2D eigenvalue weighted by molar-refractivity contribution is 0.0506. The lowest BCUT2D eigenvalue weighted by Crippen LogP contribution is -2.14. The van der Waals surface area contributed by atoms with Crippen LogP contribution < -0.4 is 11.1 Å². The lowest BCUT2D eigenvalue weighted by Gasteiger charge is -2.13. The van der Waals surface area contributed by atoms with E-state index < -0.39 is 0 Å². The molecule has 1 rings (SSSR count). The van der Waals surface area contributed by atoms with Gasteiger partial charge in [0.15, 0.2) is 0 Å². The predicted octanol–water partition coefficient (Wildman–Crippen LogP) is 2.90. The third-order valence-electron chi connectivity index (χ3n) is 2.40. The van der Waals surface area contributed by atoms with E-state index in [1.54, 1.807) is 12.1 Å². The van der Waals surface area contributed by atoms with Crippen molar-refractivity contribution in [1.29, 1.82) is 0 Å². The molecule has 0 aliphatic rings. The van der Waals surface area contributed by atoms with Crippen molar-refractivity contribution in [2.45, 2.75) is 27.2 Å². The van der Waals surface area contributed by atoms with Crippen molar-refractivity contribution >= 4 is 17.3 Å². The zero-order valence-electron chi connectivity index (χ0n) is 11.3. The van der Waals surface area contributed by atoms with E-state index in [1.165, 1.54) is 0 Å². The highest BCUT2D eigenvalue weighted by Gasteiger charge is 2.13. The van der Waals surface area contributed by atoms with Gasteiger partial charge in [-0.15, -0.1) is 0 Å². The van der Waals surface area contributed by atoms with E-state index in [9.17, 15) is 4.79 Å². The van der Waals surface area contributed by atoms with Crippen molar-refractivity contribution in [2.24, 2.45) is 5.92 Å². The molecule has 1 aromatic carbocycles.